The van der Waals surface area contributed by atoms with Crippen molar-refractivity contribution in [2.24, 2.45) is 11.8 Å². The Kier molecular flexibility index (Phi) is 5.03. The van der Waals surface area contributed by atoms with E-state index in [2.05, 4.69) is 19.2 Å². The normalized spacial score (nSPS) is 29.0. The van der Waals surface area contributed by atoms with Gasteiger partial charge in [0.15, 0.2) is 0 Å². The Morgan fingerprint density at radius 1 is 1.15 bits per heavy atom. The van der Waals surface area contributed by atoms with Crippen LogP contribution in [0.1, 0.15) is 39.2 Å². The van der Waals surface area contributed by atoms with Gasteiger partial charge < -0.3 is 10.2 Å². The van der Waals surface area contributed by atoms with E-state index in [-0.39, 0.29) is 18.4 Å². The molecule has 0 aromatic heterocycles. The van der Waals surface area contributed by atoms with Crippen LogP contribution in [0.2, 0.25) is 0 Å². The quantitative estimate of drug-likeness (QED) is 0.841. The van der Waals surface area contributed by atoms with E-state index in [9.17, 15) is 14.4 Å². The molecule has 2 aliphatic heterocycles. The smallest absolute Gasteiger partial charge is 0.325 e. The molecule has 3 atom stereocenters. The minimum absolute atomic E-state index is 0.160. The molecule has 0 spiro atoms. The summed E-state index contributed by atoms with van der Waals surface area (Å²) < 4.78 is 0. The predicted octanol–water partition coefficient (Wildman–Crippen LogP) is 2.35. The number of hydrogen-bond acceptors (Lipinski definition) is 3. The number of imide groups is 1. The Bertz CT molecular complexity index is 696. The van der Waals surface area contributed by atoms with Crippen LogP contribution in [0.25, 0.3) is 0 Å². The van der Waals surface area contributed by atoms with Crippen LogP contribution in [-0.4, -0.2) is 47.3 Å². The molecule has 0 aliphatic carbocycles. The van der Waals surface area contributed by atoms with Gasteiger partial charge in [-0.2, -0.15) is 0 Å². The topological polar surface area (TPSA) is 69.7 Å². The Hall–Kier alpha value is -2.37. The van der Waals surface area contributed by atoms with Crippen LogP contribution in [0.15, 0.2) is 30.3 Å². The maximum Gasteiger partial charge on any atom is 0.325 e. The third-order valence-electron chi connectivity index (χ3n) is 5.49. The highest BCUT2D eigenvalue weighted by molar-refractivity contribution is 6.09. The molecule has 2 saturated heterocycles. The summed E-state index contributed by atoms with van der Waals surface area (Å²) in [7, 11) is 0. The lowest BCUT2D eigenvalue weighted by atomic mass is 9.87. The van der Waals surface area contributed by atoms with Crippen molar-refractivity contribution in [3.8, 4) is 0 Å². The standard InChI is InChI=1S/C20H27N3O3/c1-4-20(16-8-6-5-7-9-16)18(25)23(19(26)21-20)13-17(24)22-11-14(2)10-15(3)12-22/h5-9,14-15H,4,10-13H2,1-3H3,(H,21,26)/t14-,15-,20-/m1/s1. The first-order valence-electron chi connectivity index (χ1n) is 9.34. The molecule has 6 heteroatoms. The van der Waals surface area contributed by atoms with E-state index in [4.69, 9.17) is 0 Å². The Balaban J connectivity index is 1.78. The van der Waals surface area contributed by atoms with Gasteiger partial charge in [0.25, 0.3) is 5.91 Å². The van der Waals surface area contributed by atoms with Crippen LogP contribution >= 0.6 is 0 Å². The summed E-state index contributed by atoms with van der Waals surface area (Å²) in [5.74, 6) is 0.365. The zero-order valence-electron chi connectivity index (χ0n) is 15.7. The molecule has 4 amide bonds. The summed E-state index contributed by atoms with van der Waals surface area (Å²) in [5.41, 5.74) is -0.336. The maximum absolute atomic E-state index is 13.1. The molecule has 0 saturated carbocycles. The second-order valence-corrected chi connectivity index (χ2v) is 7.69. The molecule has 1 aromatic carbocycles. The van der Waals surface area contributed by atoms with E-state index >= 15 is 0 Å². The first-order valence-corrected chi connectivity index (χ1v) is 9.34. The van der Waals surface area contributed by atoms with Crippen molar-refractivity contribution in [3.63, 3.8) is 0 Å². The van der Waals surface area contributed by atoms with Gasteiger partial charge in [0, 0.05) is 13.1 Å². The van der Waals surface area contributed by atoms with Crippen LogP contribution in [-0.2, 0) is 15.1 Å². The number of benzene rings is 1. The lowest BCUT2D eigenvalue weighted by Gasteiger charge is -2.35. The minimum atomic E-state index is -1.08. The van der Waals surface area contributed by atoms with Gasteiger partial charge in [-0.1, -0.05) is 51.1 Å². The molecule has 2 aliphatic rings. The second-order valence-electron chi connectivity index (χ2n) is 7.69. The average molecular weight is 357 g/mol. The van der Waals surface area contributed by atoms with Crippen molar-refractivity contribution in [2.45, 2.75) is 39.2 Å². The van der Waals surface area contributed by atoms with Crippen molar-refractivity contribution < 1.29 is 14.4 Å². The number of likely N-dealkylation sites (tertiary alicyclic amines) is 1. The van der Waals surface area contributed by atoms with E-state index in [1.54, 1.807) is 4.90 Å². The molecule has 3 rings (SSSR count). The maximum atomic E-state index is 13.1. The zero-order valence-corrected chi connectivity index (χ0v) is 15.7. The third-order valence-corrected chi connectivity index (χ3v) is 5.49. The Morgan fingerprint density at radius 2 is 1.77 bits per heavy atom. The van der Waals surface area contributed by atoms with E-state index in [0.717, 1.165) is 16.9 Å². The lowest BCUT2D eigenvalue weighted by Crippen LogP contribution is -2.49. The van der Waals surface area contributed by atoms with E-state index < -0.39 is 11.6 Å². The molecule has 0 radical (unpaired) electrons. The fourth-order valence-electron chi connectivity index (χ4n) is 4.23. The van der Waals surface area contributed by atoms with Gasteiger partial charge in [0.1, 0.15) is 12.1 Å². The molecule has 26 heavy (non-hydrogen) atoms. The number of rotatable bonds is 4. The van der Waals surface area contributed by atoms with Crippen molar-refractivity contribution >= 4 is 17.8 Å². The number of hydrogen-bond donors (Lipinski definition) is 1. The van der Waals surface area contributed by atoms with Crippen LogP contribution in [0.4, 0.5) is 4.79 Å². The molecule has 1 aromatic rings. The highest BCUT2D eigenvalue weighted by Crippen LogP contribution is 2.32. The van der Waals surface area contributed by atoms with Crippen LogP contribution in [0, 0.1) is 11.8 Å². The van der Waals surface area contributed by atoms with Gasteiger partial charge in [-0.15, -0.1) is 0 Å². The molecule has 140 valence electrons. The van der Waals surface area contributed by atoms with Crippen LogP contribution in [0.5, 0.6) is 0 Å². The molecule has 0 unspecified atom stereocenters. The van der Waals surface area contributed by atoms with Crippen LogP contribution < -0.4 is 5.32 Å². The third kappa shape index (κ3) is 3.20. The van der Waals surface area contributed by atoms with Gasteiger partial charge in [-0.3, -0.25) is 14.5 Å². The van der Waals surface area contributed by atoms with Crippen molar-refractivity contribution in [1.82, 2.24) is 15.1 Å². The first kappa shape index (κ1) is 18.4. The van der Waals surface area contributed by atoms with Gasteiger partial charge >= 0.3 is 6.03 Å². The summed E-state index contributed by atoms with van der Waals surface area (Å²) in [6.45, 7) is 7.29. The van der Waals surface area contributed by atoms with Gasteiger partial charge in [-0.05, 0) is 30.2 Å². The number of urea groups is 1. The monoisotopic (exact) mass is 357 g/mol. The average Bonchev–Trinajstić information content (AvgIpc) is 2.86. The highest BCUT2D eigenvalue weighted by Gasteiger charge is 2.51. The summed E-state index contributed by atoms with van der Waals surface area (Å²) >= 11 is 0. The number of nitrogens with zero attached hydrogens (tertiary/aromatic N) is 2. The Morgan fingerprint density at radius 3 is 2.35 bits per heavy atom. The van der Waals surface area contributed by atoms with Gasteiger partial charge in [0.05, 0.1) is 0 Å². The Labute approximate surface area is 154 Å². The number of amides is 4. The number of carbonyl (C=O) groups is 3. The van der Waals surface area contributed by atoms with E-state index in [1.165, 1.54) is 0 Å². The molecule has 2 fully saturated rings. The van der Waals surface area contributed by atoms with Crippen molar-refractivity contribution in [3.05, 3.63) is 35.9 Å². The highest BCUT2D eigenvalue weighted by atomic mass is 16.2. The number of carbonyl (C=O) groups excluding carboxylic acids is 3. The lowest BCUT2D eigenvalue weighted by molar-refractivity contribution is -0.140. The zero-order chi connectivity index (χ0) is 18.9. The fraction of sp³-hybridized carbons (Fsp3) is 0.550. The van der Waals surface area contributed by atoms with Crippen molar-refractivity contribution in [1.29, 1.82) is 0 Å². The second kappa shape index (κ2) is 7.09. The number of piperidine rings is 1. The molecular weight excluding hydrogens is 330 g/mol. The SMILES string of the molecule is CC[C@]1(c2ccccc2)NC(=O)N(CC(=O)N2C[C@H](C)C[C@@H](C)C2)C1=O. The predicted molar refractivity (Wildman–Crippen MR) is 98.2 cm³/mol. The van der Waals surface area contributed by atoms with E-state index in [0.29, 0.717) is 31.3 Å². The largest absolute Gasteiger partial charge is 0.341 e. The molecule has 2 heterocycles. The summed E-state index contributed by atoms with van der Waals surface area (Å²) in [5, 5.41) is 2.83. The van der Waals surface area contributed by atoms with Crippen LogP contribution in [0.3, 0.4) is 0 Å². The molecule has 0 bridgehead atoms. The summed E-state index contributed by atoms with van der Waals surface area (Å²) in [6, 6.07) is 8.73. The number of nitrogens with one attached hydrogen (secondary N) is 1. The summed E-state index contributed by atoms with van der Waals surface area (Å²) in [4.78, 5) is 41.2. The van der Waals surface area contributed by atoms with E-state index in [1.807, 2.05) is 37.3 Å². The molecular formula is C20H27N3O3. The minimum Gasteiger partial charge on any atom is -0.341 e. The summed E-state index contributed by atoms with van der Waals surface area (Å²) in [6.07, 6.45) is 1.53. The fourth-order valence-corrected chi connectivity index (χ4v) is 4.23. The van der Waals surface area contributed by atoms with Gasteiger partial charge in [0.2, 0.25) is 5.91 Å². The van der Waals surface area contributed by atoms with Crippen molar-refractivity contribution in [2.75, 3.05) is 19.6 Å². The molecule has 1 N–H and O–H groups in total. The molecule has 6 nitrogen and oxygen atoms in total. The van der Waals surface area contributed by atoms with Gasteiger partial charge in [-0.25, -0.2) is 4.79 Å². The first-order chi connectivity index (χ1) is 12.4.